The second-order valence-electron chi connectivity index (χ2n) is 4.16. The van der Waals surface area contributed by atoms with E-state index in [4.69, 9.17) is 5.73 Å². The molecule has 0 spiro atoms. The molecule has 0 unspecified atom stereocenters. The van der Waals surface area contributed by atoms with E-state index in [9.17, 15) is 0 Å². The number of nitrogens with zero attached hydrogens (tertiary/aromatic N) is 2. The molecule has 14 heavy (non-hydrogen) atoms. The number of anilines is 2. The fourth-order valence-electron chi connectivity index (χ4n) is 0.933. The van der Waals surface area contributed by atoms with Gasteiger partial charge in [0.15, 0.2) is 11.6 Å². The Balaban J connectivity index is 2.58. The molecule has 1 aromatic rings. The molecule has 0 aliphatic carbocycles. The molecule has 1 aromatic heterocycles. The summed E-state index contributed by atoms with van der Waals surface area (Å²) in [6, 6.07) is 0. The largest absolute Gasteiger partial charge is 0.381 e. The maximum absolute atomic E-state index is 5.66. The van der Waals surface area contributed by atoms with E-state index in [-0.39, 0.29) is 5.41 Å². The molecule has 4 nitrogen and oxygen atoms in total. The first-order valence-corrected chi connectivity index (χ1v) is 4.85. The van der Waals surface area contributed by atoms with Crippen LogP contribution in [-0.2, 0) is 0 Å². The zero-order valence-corrected chi connectivity index (χ0v) is 9.04. The van der Waals surface area contributed by atoms with E-state index in [1.807, 2.05) is 0 Å². The van der Waals surface area contributed by atoms with Crippen molar-refractivity contribution >= 4 is 11.6 Å². The normalized spacial score (nSPS) is 11.4. The average molecular weight is 194 g/mol. The van der Waals surface area contributed by atoms with Gasteiger partial charge >= 0.3 is 0 Å². The number of aromatic nitrogens is 2. The van der Waals surface area contributed by atoms with Crippen LogP contribution in [0.1, 0.15) is 27.2 Å². The second kappa shape index (κ2) is 4.26. The predicted octanol–water partition coefficient (Wildman–Crippen LogP) is 1.91. The first kappa shape index (κ1) is 10.8. The van der Waals surface area contributed by atoms with Crippen LogP contribution in [0.25, 0.3) is 0 Å². The van der Waals surface area contributed by atoms with E-state index < -0.39 is 0 Å². The summed E-state index contributed by atoms with van der Waals surface area (Å²) in [4.78, 5) is 8.08. The van der Waals surface area contributed by atoms with Crippen molar-refractivity contribution < 1.29 is 0 Å². The van der Waals surface area contributed by atoms with Crippen molar-refractivity contribution in [2.24, 2.45) is 5.41 Å². The van der Waals surface area contributed by atoms with Gasteiger partial charge in [-0.2, -0.15) is 0 Å². The second-order valence-corrected chi connectivity index (χ2v) is 4.16. The Morgan fingerprint density at radius 3 is 2.57 bits per heavy atom. The van der Waals surface area contributed by atoms with Crippen LogP contribution >= 0.6 is 0 Å². The molecule has 3 N–H and O–H groups in total. The Kier molecular flexibility index (Phi) is 3.28. The molecule has 0 saturated carbocycles. The van der Waals surface area contributed by atoms with Crippen molar-refractivity contribution in [3.63, 3.8) is 0 Å². The molecule has 0 aromatic carbocycles. The summed E-state index contributed by atoms with van der Waals surface area (Å²) in [7, 11) is 0. The van der Waals surface area contributed by atoms with Crippen molar-refractivity contribution in [1.29, 1.82) is 0 Å². The van der Waals surface area contributed by atoms with Crippen LogP contribution in [0.5, 0.6) is 0 Å². The average Bonchev–Trinajstić information content (AvgIpc) is 2.17. The topological polar surface area (TPSA) is 63.8 Å². The highest BCUT2D eigenvalue weighted by atomic mass is 15.0. The first-order valence-electron chi connectivity index (χ1n) is 4.85. The fourth-order valence-corrected chi connectivity index (χ4v) is 0.933. The lowest BCUT2D eigenvalue weighted by molar-refractivity contribution is 0.376. The van der Waals surface area contributed by atoms with E-state index in [2.05, 4.69) is 36.1 Å². The molecule has 0 atom stereocenters. The molecule has 1 rings (SSSR count). The Morgan fingerprint density at radius 1 is 1.36 bits per heavy atom. The van der Waals surface area contributed by atoms with E-state index >= 15 is 0 Å². The molecule has 1 heterocycles. The first-order chi connectivity index (χ1) is 6.55. The fraction of sp³-hybridized carbons (Fsp3) is 0.600. The van der Waals surface area contributed by atoms with Crippen LogP contribution in [0.3, 0.4) is 0 Å². The van der Waals surface area contributed by atoms with Gasteiger partial charge in [0.1, 0.15) is 0 Å². The van der Waals surface area contributed by atoms with Crippen LogP contribution in [0, 0.1) is 5.41 Å². The number of nitrogen functional groups attached to an aromatic ring is 1. The molecule has 0 radical (unpaired) electrons. The molecular formula is C10H18N4. The number of nitrogens with one attached hydrogen (secondary N) is 1. The number of nitrogens with two attached hydrogens (primary N) is 1. The highest BCUT2D eigenvalue weighted by Gasteiger charge is 2.15. The third-order valence-corrected chi connectivity index (χ3v) is 2.42. The monoisotopic (exact) mass is 194 g/mol. The van der Waals surface area contributed by atoms with Gasteiger partial charge in [-0.25, -0.2) is 9.97 Å². The molecule has 4 heteroatoms. The van der Waals surface area contributed by atoms with E-state index in [0.717, 1.165) is 13.0 Å². The smallest absolute Gasteiger partial charge is 0.168 e. The Hall–Kier alpha value is -1.32. The third kappa shape index (κ3) is 2.87. The minimum atomic E-state index is 0.254. The molecule has 0 amide bonds. The van der Waals surface area contributed by atoms with Crippen LogP contribution < -0.4 is 11.1 Å². The summed E-state index contributed by atoms with van der Waals surface area (Å²) < 4.78 is 0. The molecular weight excluding hydrogens is 176 g/mol. The number of hydrogen-bond acceptors (Lipinski definition) is 4. The van der Waals surface area contributed by atoms with Crippen molar-refractivity contribution in [1.82, 2.24) is 9.97 Å². The van der Waals surface area contributed by atoms with Crippen LogP contribution in [0.4, 0.5) is 11.6 Å². The predicted molar refractivity (Wildman–Crippen MR) is 59.0 cm³/mol. The SMILES string of the molecule is CCC(C)(C)CNc1nccnc1N. The lowest BCUT2D eigenvalue weighted by atomic mass is 9.90. The van der Waals surface area contributed by atoms with E-state index in [1.54, 1.807) is 12.4 Å². The van der Waals surface area contributed by atoms with Crippen molar-refractivity contribution in [3.8, 4) is 0 Å². The highest BCUT2D eigenvalue weighted by molar-refractivity contribution is 5.54. The minimum Gasteiger partial charge on any atom is -0.381 e. The van der Waals surface area contributed by atoms with Crippen LogP contribution in [-0.4, -0.2) is 16.5 Å². The van der Waals surface area contributed by atoms with Gasteiger partial charge < -0.3 is 11.1 Å². The Morgan fingerprint density at radius 2 is 2.00 bits per heavy atom. The number of rotatable bonds is 4. The molecule has 0 saturated heterocycles. The maximum atomic E-state index is 5.66. The molecule has 0 aliphatic rings. The Bertz CT molecular complexity index is 296. The zero-order chi connectivity index (χ0) is 10.6. The van der Waals surface area contributed by atoms with Gasteiger partial charge in [0.2, 0.25) is 0 Å². The summed E-state index contributed by atoms with van der Waals surface area (Å²) in [5.74, 6) is 1.13. The van der Waals surface area contributed by atoms with Gasteiger partial charge in [-0.15, -0.1) is 0 Å². The van der Waals surface area contributed by atoms with Gasteiger partial charge in [-0.1, -0.05) is 20.8 Å². The lowest BCUT2D eigenvalue weighted by Crippen LogP contribution is -2.23. The Labute approximate surface area is 85.0 Å². The van der Waals surface area contributed by atoms with Gasteiger partial charge in [-0.05, 0) is 11.8 Å². The summed E-state index contributed by atoms with van der Waals surface area (Å²) in [5, 5.41) is 3.21. The van der Waals surface area contributed by atoms with E-state index in [1.165, 1.54) is 0 Å². The third-order valence-electron chi connectivity index (χ3n) is 2.42. The summed E-state index contributed by atoms with van der Waals surface area (Å²) in [5.41, 5.74) is 5.91. The summed E-state index contributed by atoms with van der Waals surface area (Å²) >= 11 is 0. The highest BCUT2D eigenvalue weighted by Crippen LogP contribution is 2.20. The van der Waals surface area contributed by atoms with Gasteiger partial charge in [0, 0.05) is 18.9 Å². The molecule has 0 aliphatic heterocycles. The summed E-state index contributed by atoms with van der Waals surface area (Å²) in [6.07, 6.45) is 4.34. The maximum Gasteiger partial charge on any atom is 0.168 e. The van der Waals surface area contributed by atoms with Gasteiger partial charge in [0.25, 0.3) is 0 Å². The minimum absolute atomic E-state index is 0.254. The number of hydrogen-bond donors (Lipinski definition) is 2. The van der Waals surface area contributed by atoms with E-state index in [0.29, 0.717) is 11.6 Å². The van der Waals surface area contributed by atoms with Crippen molar-refractivity contribution in [2.45, 2.75) is 27.2 Å². The zero-order valence-electron chi connectivity index (χ0n) is 9.04. The van der Waals surface area contributed by atoms with Gasteiger partial charge in [-0.3, -0.25) is 0 Å². The quantitative estimate of drug-likeness (QED) is 0.768. The molecule has 0 bridgehead atoms. The lowest BCUT2D eigenvalue weighted by Gasteiger charge is -2.23. The standard InChI is InChI=1S/C10H18N4/c1-4-10(2,3)7-14-9-8(11)12-5-6-13-9/h5-6H,4,7H2,1-3H3,(H2,11,12)(H,13,14). The summed E-state index contributed by atoms with van der Waals surface area (Å²) in [6.45, 7) is 7.42. The molecule has 0 fully saturated rings. The van der Waals surface area contributed by atoms with Crippen molar-refractivity contribution in [3.05, 3.63) is 12.4 Å². The van der Waals surface area contributed by atoms with Crippen LogP contribution in [0.15, 0.2) is 12.4 Å². The van der Waals surface area contributed by atoms with Crippen molar-refractivity contribution in [2.75, 3.05) is 17.6 Å². The van der Waals surface area contributed by atoms with Gasteiger partial charge in [0.05, 0.1) is 0 Å². The van der Waals surface area contributed by atoms with Crippen LogP contribution in [0.2, 0.25) is 0 Å². The molecule has 78 valence electrons.